The molecule has 0 aliphatic carbocycles. The number of anilines is 1. The van der Waals surface area contributed by atoms with Crippen LogP contribution < -0.4 is 10.1 Å². The van der Waals surface area contributed by atoms with Crippen LogP contribution in [0.3, 0.4) is 0 Å². The number of amides is 2. The number of para-hydroxylation sites is 2. The Hall–Kier alpha value is -3.60. The zero-order chi connectivity index (χ0) is 20.2. The normalized spacial score (nSPS) is 13.7. The Balaban J connectivity index is 1.68. The zero-order valence-corrected chi connectivity index (χ0v) is 16.2. The molecule has 2 amide bonds. The van der Waals surface area contributed by atoms with Crippen molar-refractivity contribution in [2.45, 2.75) is 19.5 Å². The Morgan fingerprint density at radius 3 is 2.45 bits per heavy atom. The molecule has 146 valence electrons. The van der Waals surface area contributed by atoms with Crippen molar-refractivity contribution >= 4 is 17.5 Å². The van der Waals surface area contributed by atoms with E-state index in [0.717, 1.165) is 11.1 Å². The predicted molar refractivity (Wildman–Crippen MR) is 112 cm³/mol. The Morgan fingerprint density at radius 1 is 1.00 bits per heavy atom. The number of carbonyl (C=O) groups excluding carboxylic acids is 2. The number of nitrogens with zero attached hydrogens (tertiary/aromatic N) is 1. The van der Waals surface area contributed by atoms with E-state index in [9.17, 15) is 9.59 Å². The van der Waals surface area contributed by atoms with E-state index in [2.05, 4.69) is 5.32 Å². The molecule has 0 bridgehead atoms. The Labute approximate surface area is 169 Å². The molecule has 0 unspecified atom stereocenters. The number of carbonyl (C=O) groups is 2. The SMILES string of the molecule is CCOc1ccccc1NC(=O)[C@@H](c1ccccc1)N1Cc2ccccc2C1=O. The maximum Gasteiger partial charge on any atom is 0.255 e. The first-order chi connectivity index (χ1) is 14.2. The van der Waals surface area contributed by atoms with Crippen molar-refractivity contribution in [3.63, 3.8) is 0 Å². The van der Waals surface area contributed by atoms with E-state index >= 15 is 0 Å². The van der Waals surface area contributed by atoms with Crippen LogP contribution in [0.25, 0.3) is 0 Å². The van der Waals surface area contributed by atoms with Crippen molar-refractivity contribution in [1.82, 2.24) is 4.90 Å². The Bertz CT molecular complexity index is 1030. The number of hydrogen-bond donors (Lipinski definition) is 1. The lowest BCUT2D eigenvalue weighted by atomic mass is 10.0. The second-order valence-electron chi connectivity index (χ2n) is 6.82. The van der Waals surface area contributed by atoms with Crippen molar-refractivity contribution in [3.8, 4) is 5.75 Å². The van der Waals surface area contributed by atoms with E-state index in [1.807, 2.05) is 79.7 Å². The molecule has 5 nitrogen and oxygen atoms in total. The second kappa shape index (κ2) is 8.19. The summed E-state index contributed by atoms with van der Waals surface area (Å²) in [6, 6.07) is 23.4. The van der Waals surface area contributed by atoms with Gasteiger partial charge in [0.05, 0.1) is 12.3 Å². The first-order valence-corrected chi connectivity index (χ1v) is 9.65. The molecule has 4 rings (SSSR count). The molecule has 0 aromatic heterocycles. The van der Waals surface area contributed by atoms with Gasteiger partial charge in [-0.15, -0.1) is 0 Å². The largest absolute Gasteiger partial charge is 0.492 e. The van der Waals surface area contributed by atoms with Gasteiger partial charge < -0.3 is 15.0 Å². The first-order valence-electron chi connectivity index (χ1n) is 9.65. The van der Waals surface area contributed by atoms with Crippen molar-refractivity contribution in [1.29, 1.82) is 0 Å². The smallest absolute Gasteiger partial charge is 0.255 e. The highest BCUT2D eigenvalue weighted by Crippen LogP contribution is 2.33. The molecule has 1 atom stereocenters. The van der Waals surface area contributed by atoms with E-state index in [0.29, 0.717) is 30.2 Å². The molecule has 3 aromatic carbocycles. The van der Waals surface area contributed by atoms with Crippen LogP contribution in [0.4, 0.5) is 5.69 Å². The van der Waals surface area contributed by atoms with Crippen LogP contribution >= 0.6 is 0 Å². The highest BCUT2D eigenvalue weighted by molar-refractivity contribution is 6.04. The molecule has 1 heterocycles. The van der Waals surface area contributed by atoms with Crippen molar-refractivity contribution in [3.05, 3.63) is 95.6 Å². The van der Waals surface area contributed by atoms with Crippen LogP contribution in [0.1, 0.15) is 34.5 Å². The summed E-state index contributed by atoms with van der Waals surface area (Å²) in [4.78, 5) is 28.1. The lowest BCUT2D eigenvalue weighted by molar-refractivity contribution is -0.120. The summed E-state index contributed by atoms with van der Waals surface area (Å²) in [6.45, 7) is 2.79. The summed E-state index contributed by atoms with van der Waals surface area (Å²) >= 11 is 0. The second-order valence-corrected chi connectivity index (χ2v) is 6.82. The fourth-order valence-electron chi connectivity index (χ4n) is 3.65. The third-order valence-corrected chi connectivity index (χ3v) is 4.97. The number of benzene rings is 3. The maximum absolute atomic E-state index is 13.4. The molecule has 0 radical (unpaired) electrons. The van der Waals surface area contributed by atoms with Crippen molar-refractivity contribution < 1.29 is 14.3 Å². The zero-order valence-electron chi connectivity index (χ0n) is 16.2. The fraction of sp³-hybridized carbons (Fsp3) is 0.167. The van der Waals surface area contributed by atoms with Crippen molar-refractivity contribution in [2.75, 3.05) is 11.9 Å². The topological polar surface area (TPSA) is 58.6 Å². The van der Waals surface area contributed by atoms with Gasteiger partial charge in [0.15, 0.2) is 0 Å². The molecular formula is C24H22N2O3. The predicted octanol–water partition coefficient (Wildman–Crippen LogP) is 4.42. The van der Waals surface area contributed by atoms with Gasteiger partial charge >= 0.3 is 0 Å². The molecule has 0 saturated heterocycles. The molecule has 29 heavy (non-hydrogen) atoms. The van der Waals surface area contributed by atoms with Crippen LogP contribution in [-0.4, -0.2) is 23.3 Å². The molecule has 0 spiro atoms. The highest BCUT2D eigenvalue weighted by atomic mass is 16.5. The minimum Gasteiger partial charge on any atom is -0.492 e. The van der Waals surface area contributed by atoms with Gasteiger partial charge in [-0.25, -0.2) is 0 Å². The summed E-state index contributed by atoms with van der Waals surface area (Å²) in [5.74, 6) is 0.193. The average Bonchev–Trinajstić information content (AvgIpc) is 3.07. The monoisotopic (exact) mass is 386 g/mol. The quantitative estimate of drug-likeness (QED) is 0.682. The van der Waals surface area contributed by atoms with E-state index in [4.69, 9.17) is 4.74 Å². The number of fused-ring (bicyclic) bond motifs is 1. The number of rotatable bonds is 6. The van der Waals surface area contributed by atoms with Gasteiger partial charge in [-0.05, 0) is 36.2 Å². The molecule has 1 N–H and O–H groups in total. The third kappa shape index (κ3) is 3.72. The standard InChI is InChI=1S/C24H22N2O3/c1-2-29-21-15-9-8-14-20(21)25-23(27)22(17-10-4-3-5-11-17)26-16-18-12-6-7-13-19(18)24(26)28/h3-15,22H,2,16H2,1H3,(H,25,27)/t22-/m1/s1. The summed E-state index contributed by atoms with van der Waals surface area (Å²) in [5.41, 5.74) is 2.93. The fourth-order valence-corrected chi connectivity index (χ4v) is 3.65. The molecule has 0 fully saturated rings. The van der Waals surface area contributed by atoms with Crippen LogP contribution in [0.5, 0.6) is 5.75 Å². The van der Waals surface area contributed by atoms with Gasteiger partial charge in [0.1, 0.15) is 11.8 Å². The molecule has 5 heteroatoms. The van der Waals surface area contributed by atoms with Crippen LogP contribution in [-0.2, 0) is 11.3 Å². The lowest BCUT2D eigenvalue weighted by Crippen LogP contribution is -2.37. The maximum atomic E-state index is 13.4. The summed E-state index contributed by atoms with van der Waals surface area (Å²) in [7, 11) is 0. The van der Waals surface area contributed by atoms with Crippen molar-refractivity contribution in [2.24, 2.45) is 0 Å². The summed E-state index contributed by atoms with van der Waals surface area (Å²) < 4.78 is 5.63. The Kier molecular flexibility index (Phi) is 5.29. The molecule has 1 aliphatic heterocycles. The minimum atomic E-state index is -0.745. The van der Waals surface area contributed by atoms with Gasteiger partial charge in [-0.3, -0.25) is 9.59 Å². The summed E-state index contributed by atoms with van der Waals surface area (Å²) in [5, 5.41) is 2.96. The van der Waals surface area contributed by atoms with E-state index in [-0.39, 0.29) is 11.8 Å². The molecular weight excluding hydrogens is 364 g/mol. The van der Waals surface area contributed by atoms with E-state index in [1.165, 1.54) is 0 Å². The number of nitrogens with one attached hydrogen (secondary N) is 1. The van der Waals surface area contributed by atoms with E-state index in [1.54, 1.807) is 11.0 Å². The number of hydrogen-bond acceptors (Lipinski definition) is 3. The average molecular weight is 386 g/mol. The van der Waals surface area contributed by atoms with E-state index < -0.39 is 6.04 Å². The lowest BCUT2D eigenvalue weighted by Gasteiger charge is -2.27. The highest BCUT2D eigenvalue weighted by Gasteiger charge is 2.37. The molecule has 3 aromatic rings. The minimum absolute atomic E-state index is 0.136. The molecule has 1 aliphatic rings. The van der Waals surface area contributed by atoms with Gasteiger partial charge in [-0.2, -0.15) is 0 Å². The van der Waals surface area contributed by atoms with Gasteiger partial charge in [0, 0.05) is 12.1 Å². The number of ether oxygens (including phenoxy) is 1. The van der Waals surface area contributed by atoms with Gasteiger partial charge in [-0.1, -0.05) is 60.7 Å². The van der Waals surface area contributed by atoms with Gasteiger partial charge in [0.2, 0.25) is 0 Å². The van der Waals surface area contributed by atoms with Crippen LogP contribution in [0.15, 0.2) is 78.9 Å². The van der Waals surface area contributed by atoms with Gasteiger partial charge in [0.25, 0.3) is 11.8 Å². The summed E-state index contributed by atoms with van der Waals surface area (Å²) in [6.07, 6.45) is 0. The molecule has 0 saturated carbocycles. The van der Waals surface area contributed by atoms with Crippen LogP contribution in [0, 0.1) is 0 Å². The first kappa shape index (κ1) is 18.7. The van der Waals surface area contributed by atoms with Crippen LogP contribution in [0.2, 0.25) is 0 Å². The Morgan fingerprint density at radius 2 is 1.69 bits per heavy atom. The third-order valence-electron chi connectivity index (χ3n) is 4.97.